The third-order valence-corrected chi connectivity index (χ3v) is 11.2. The number of thioether (sulfide) groups is 1. The number of imide groups is 1. The highest BCUT2D eigenvalue weighted by Crippen LogP contribution is 2.47. The first-order valence-corrected chi connectivity index (χ1v) is 21.0. The van der Waals surface area contributed by atoms with Crippen LogP contribution in [0.4, 0.5) is 20.3 Å². The number of esters is 1. The van der Waals surface area contributed by atoms with Gasteiger partial charge < -0.3 is 33.5 Å². The number of pyridine rings is 1. The van der Waals surface area contributed by atoms with Gasteiger partial charge in [-0.3, -0.25) is 4.57 Å². The van der Waals surface area contributed by atoms with E-state index in [1.54, 1.807) is 92.8 Å². The third-order valence-electron chi connectivity index (χ3n) is 9.72. The monoisotopic (exact) mass is 837 g/mol. The zero-order valence-electron chi connectivity index (χ0n) is 36.8. The number of imidazole rings is 1. The fourth-order valence-corrected chi connectivity index (χ4v) is 8.37. The van der Waals surface area contributed by atoms with Gasteiger partial charge in [-0.05, 0) is 110 Å². The molecule has 59 heavy (non-hydrogen) atoms. The molecule has 3 unspecified atom stereocenters. The molecular weight excluding hydrogens is 777 g/mol. The zero-order valence-corrected chi connectivity index (χ0v) is 37.6. The van der Waals surface area contributed by atoms with Crippen molar-refractivity contribution in [3.05, 3.63) is 59.4 Å². The van der Waals surface area contributed by atoms with E-state index in [0.717, 1.165) is 16.0 Å². The Labute approximate surface area is 351 Å². The molecule has 0 aliphatic carbocycles. The van der Waals surface area contributed by atoms with Gasteiger partial charge >= 0.3 is 35.8 Å². The number of aromatic nitrogens is 3. The average Bonchev–Trinajstić information content (AvgIpc) is 3.49. The van der Waals surface area contributed by atoms with E-state index in [0.29, 0.717) is 47.2 Å². The summed E-state index contributed by atoms with van der Waals surface area (Å²) in [7, 11) is 3.26. The molecule has 0 bridgehead atoms. The fourth-order valence-electron chi connectivity index (χ4n) is 6.78. The summed E-state index contributed by atoms with van der Waals surface area (Å²) < 4.78 is 32.0. The topological polar surface area (TPSA) is 146 Å². The van der Waals surface area contributed by atoms with Crippen LogP contribution in [0, 0.1) is 5.92 Å². The first-order valence-electron chi connectivity index (χ1n) is 20.0. The summed E-state index contributed by atoms with van der Waals surface area (Å²) >= 11 is 1.78. The Hall–Kier alpha value is -4.99. The molecule has 3 amide bonds. The van der Waals surface area contributed by atoms with Gasteiger partial charge in [-0.1, -0.05) is 19.1 Å². The molecule has 322 valence electrons. The summed E-state index contributed by atoms with van der Waals surface area (Å²) in [6, 6.07) is 11.2. The zero-order chi connectivity index (χ0) is 43.6. The van der Waals surface area contributed by atoms with Gasteiger partial charge in [0.25, 0.3) is 0 Å². The number of amides is 3. The number of ether oxygens (including phenoxy) is 5. The third kappa shape index (κ3) is 11.0. The SMILES string of the molecule is COc1ccc(COC(=O)C2=C(C[n+]3cccc4c3nc(N(C(=O)OC(C)(C)C)C(=O)OC(C)(C)C)n4CCCN(C)C(=O)OC(C)(C)C)CSC3C(C)C(C)N23)cc1. The Morgan fingerprint density at radius 2 is 1.47 bits per heavy atom. The van der Waals surface area contributed by atoms with Crippen molar-refractivity contribution < 1.29 is 47.4 Å². The quantitative estimate of drug-likeness (QED) is 0.106. The minimum absolute atomic E-state index is 0.0141. The number of anilines is 1. The Kier molecular flexibility index (Phi) is 13.5. The Morgan fingerprint density at radius 3 is 2.05 bits per heavy atom. The highest BCUT2D eigenvalue weighted by molar-refractivity contribution is 8.00. The van der Waals surface area contributed by atoms with Crippen molar-refractivity contribution >= 4 is 53.1 Å². The van der Waals surface area contributed by atoms with Gasteiger partial charge in [0.2, 0.25) is 0 Å². The summed E-state index contributed by atoms with van der Waals surface area (Å²) in [5, 5.41) is 0.138. The van der Waals surface area contributed by atoms with Gasteiger partial charge in [0, 0.05) is 43.4 Å². The Bertz CT molecular complexity index is 2030. The number of rotatable bonds is 11. The van der Waals surface area contributed by atoms with Gasteiger partial charge in [0.15, 0.2) is 0 Å². The second kappa shape index (κ2) is 17.7. The second-order valence-electron chi connectivity index (χ2n) is 18.0. The number of nitrogens with zero attached hydrogens (tertiary/aromatic N) is 6. The molecule has 1 saturated heterocycles. The minimum Gasteiger partial charge on any atom is -0.497 e. The summed E-state index contributed by atoms with van der Waals surface area (Å²) in [5.74, 6) is 1.25. The van der Waals surface area contributed by atoms with E-state index in [-0.39, 0.29) is 37.1 Å². The van der Waals surface area contributed by atoms with Crippen LogP contribution in [-0.4, -0.2) is 98.3 Å². The first kappa shape index (κ1) is 45.1. The molecule has 1 fully saturated rings. The molecule has 3 atom stereocenters. The summed E-state index contributed by atoms with van der Waals surface area (Å²) in [6.45, 7) is 20.9. The predicted octanol–water partition coefficient (Wildman–Crippen LogP) is 7.68. The number of fused-ring (bicyclic) bond motifs is 2. The van der Waals surface area contributed by atoms with E-state index in [4.69, 9.17) is 28.7 Å². The van der Waals surface area contributed by atoms with Crippen LogP contribution in [0.3, 0.4) is 0 Å². The molecule has 2 aromatic heterocycles. The predicted molar refractivity (Wildman–Crippen MR) is 225 cm³/mol. The second-order valence-corrected chi connectivity index (χ2v) is 19.1. The minimum atomic E-state index is -0.957. The molecule has 1 aromatic carbocycles. The molecular formula is C43H61N6O9S+. The van der Waals surface area contributed by atoms with Gasteiger partial charge in [0.1, 0.15) is 46.9 Å². The van der Waals surface area contributed by atoms with Crippen molar-refractivity contribution in [2.45, 2.75) is 130 Å². The van der Waals surface area contributed by atoms with Gasteiger partial charge in [-0.25, -0.2) is 23.7 Å². The van der Waals surface area contributed by atoms with Crippen LogP contribution < -0.4 is 14.2 Å². The smallest absolute Gasteiger partial charge is 0.428 e. The number of aryl methyl sites for hydroxylation is 1. The summed E-state index contributed by atoms with van der Waals surface area (Å²) in [5.41, 5.74) is 0.725. The van der Waals surface area contributed by atoms with E-state index in [2.05, 4.69) is 18.7 Å². The number of methoxy groups -OCH3 is 1. The number of carbonyl (C=O) groups is 4. The van der Waals surface area contributed by atoms with E-state index < -0.39 is 41.1 Å². The maximum atomic E-state index is 14.1. The van der Waals surface area contributed by atoms with Crippen LogP contribution in [0.2, 0.25) is 0 Å². The fraction of sp³-hybridized carbons (Fsp3) is 0.581. The molecule has 0 N–H and O–H groups in total. The van der Waals surface area contributed by atoms with E-state index in [9.17, 15) is 19.2 Å². The Morgan fingerprint density at radius 1 is 0.881 bits per heavy atom. The maximum absolute atomic E-state index is 14.1. The number of hydrogen-bond acceptors (Lipinski definition) is 12. The highest BCUT2D eigenvalue weighted by atomic mass is 32.2. The molecule has 0 saturated carbocycles. The number of carbonyl (C=O) groups excluding carboxylic acids is 4. The van der Waals surface area contributed by atoms with Crippen molar-refractivity contribution in [2.75, 3.05) is 31.4 Å². The van der Waals surface area contributed by atoms with Crippen LogP contribution in [0.25, 0.3) is 11.2 Å². The van der Waals surface area contributed by atoms with Crippen molar-refractivity contribution in [3.8, 4) is 5.75 Å². The van der Waals surface area contributed by atoms with E-state index in [1.165, 1.54) is 4.90 Å². The molecule has 5 rings (SSSR count). The van der Waals surface area contributed by atoms with Gasteiger partial charge in [-0.2, -0.15) is 0 Å². The lowest BCUT2D eigenvalue weighted by molar-refractivity contribution is -0.664. The number of benzene rings is 1. The van der Waals surface area contributed by atoms with Crippen molar-refractivity contribution in [3.63, 3.8) is 0 Å². The van der Waals surface area contributed by atoms with Gasteiger partial charge in [0.05, 0.1) is 18.7 Å². The normalized spacial score (nSPS) is 18.1. The number of hydrogen-bond donors (Lipinski definition) is 0. The Balaban J connectivity index is 1.57. The van der Waals surface area contributed by atoms with Crippen LogP contribution in [0.5, 0.6) is 5.75 Å². The van der Waals surface area contributed by atoms with Gasteiger partial charge in [-0.15, -0.1) is 16.7 Å². The van der Waals surface area contributed by atoms with E-state index >= 15 is 0 Å². The van der Waals surface area contributed by atoms with Crippen LogP contribution in [-0.2, 0) is 43.4 Å². The van der Waals surface area contributed by atoms with Crippen LogP contribution in [0.1, 0.15) is 88.1 Å². The average molecular weight is 838 g/mol. The van der Waals surface area contributed by atoms with Crippen LogP contribution in [0.15, 0.2) is 53.9 Å². The molecule has 2 aliphatic rings. The van der Waals surface area contributed by atoms with E-state index in [1.807, 2.05) is 47.2 Å². The molecule has 0 radical (unpaired) electrons. The molecule has 4 heterocycles. The largest absolute Gasteiger partial charge is 0.497 e. The summed E-state index contributed by atoms with van der Waals surface area (Å²) in [4.78, 5) is 64.3. The molecule has 16 heteroatoms. The van der Waals surface area contributed by atoms with Crippen molar-refractivity contribution in [2.24, 2.45) is 5.92 Å². The van der Waals surface area contributed by atoms with Crippen LogP contribution >= 0.6 is 11.8 Å². The molecule has 3 aromatic rings. The molecule has 2 aliphatic heterocycles. The van der Waals surface area contributed by atoms with Crippen molar-refractivity contribution in [1.82, 2.24) is 19.4 Å². The first-order chi connectivity index (χ1) is 27.5. The standard InChI is InChI=1S/C43H61N6O9S/c1-27-28(2)48-33(36(50)55-25-29-17-19-31(54-13)20-18-29)30(26-59-35(27)48)24-46-22-14-16-32-34(46)44-37(47(32)23-15-21-45(12)38(51)56-41(3,4)5)49(39(52)57-42(6,7)8)40(53)58-43(9,10)11/h14,16-20,22,27-28,35H,15,21,23-26H2,1-13H3/q+1. The van der Waals surface area contributed by atoms with Crippen molar-refractivity contribution in [1.29, 1.82) is 0 Å². The molecule has 0 spiro atoms. The highest BCUT2D eigenvalue weighted by Gasteiger charge is 2.50. The summed E-state index contributed by atoms with van der Waals surface area (Å²) in [6.07, 6.45) is -0.114. The maximum Gasteiger partial charge on any atom is 0.428 e. The lowest BCUT2D eigenvalue weighted by atomic mass is 9.89. The lowest BCUT2D eigenvalue weighted by Crippen LogP contribution is -2.62. The lowest BCUT2D eigenvalue weighted by Gasteiger charge is -2.56. The molecule has 15 nitrogen and oxygen atoms in total.